The molecule has 0 atom stereocenters. The zero-order chi connectivity index (χ0) is 20.2. The lowest BCUT2D eigenvalue weighted by Gasteiger charge is -2.02. The molecule has 2 heterocycles. The highest BCUT2D eigenvalue weighted by atomic mass is 16.7. The third kappa shape index (κ3) is 3.96. The number of fused-ring (bicyclic) bond motifs is 1. The Morgan fingerprint density at radius 3 is 2.76 bits per heavy atom. The van der Waals surface area contributed by atoms with Crippen molar-refractivity contribution in [3.8, 4) is 22.8 Å². The van der Waals surface area contributed by atoms with Gasteiger partial charge in [-0.2, -0.15) is 5.10 Å². The fourth-order valence-electron chi connectivity index (χ4n) is 2.75. The Hall–Kier alpha value is -4.07. The molecule has 0 spiro atoms. The van der Waals surface area contributed by atoms with E-state index >= 15 is 0 Å². The molecule has 146 valence electrons. The van der Waals surface area contributed by atoms with Gasteiger partial charge in [0.05, 0.1) is 18.9 Å². The van der Waals surface area contributed by atoms with Gasteiger partial charge < -0.3 is 18.6 Å². The number of amides is 1. The Kier molecular flexibility index (Phi) is 4.98. The highest BCUT2D eigenvalue weighted by Gasteiger charge is 2.16. The zero-order valence-corrected chi connectivity index (χ0v) is 15.4. The van der Waals surface area contributed by atoms with Crippen LogP contribution in [-0.4, -0.2) is 32.0 Å². The van der Waals surface area contributed by atoms with Gasteiger partial charge in [0.25, 0.3) is 5.91 Å². The molecule has 0 saturated heterocycles. The summed E-state index contributed by atoms with van der Waals surface area (Å²) in [5.41, 5.74) is 3.97. The first-order valence-electron chi connectivity index (χ1n) is 8.66. The van der Waals surface area contributed by atoms with Gasteiger partial charge in [-0.05, 0) is 42.5 Å². The predicted molar refractivity (Wildman–Crippen MR) is 103 cm³/mol. The molecule has 1 amide bonds. The summed E-state index contributed by atoms with van der Waals surface area (Å²) >= 11 is 0. The topological polar surface area (TPSA) is 99.4 Å². The number of furan rings is 1. The smallest absolute Gasteiger partial charge is 0.337 e. The average Bonchev–Trinajstić information content (AvgIpc) is 3.42. The second-order valence-corrected chi connectivity index (χ2v) is 6.04. The SMILES string of the molecule is COC(=O)c1cccc(-c2ccc(C=NNC(=O)c3ccc4c(c3)OCO4)o2)c1. The van der Waals surface area contributed by atoms with E-state index in [-0.39, 0.29) is 6.79 Å². The van der Waals surface area contributed by atoms with Crippen molar-refractivity contribution in [2.75, 3.05) is 13.9 Å². The van der Waals surface area contributed by atoms with Crippen LogP contribution in [0.4, 0.5) is 0 Å². The third-order valence-electron chi connectivity index (χ3n) is 4.19. The van der Waals surface area contributed by atoms with Crippen molar-refractivity contribution >= 4 is 18.1 Å². The first-order valence-corrected chi connectivity index (χ1v) is 8.66. The van der Waals surface area contributed by atoms with Crippen molar-refractivity contribution in [3.05, 3.63) is 71.5 Å². The van der Waals surface area contributed by atoms with Crippen LogP contribution in [0.2, 0.25) is 0 Å². The Labute approximate surface area is 165 Å². The number of hydrogen-bond donors (Lipinski definition) is 1. The molecule has 8 heteroatoms. The van der Waals surface area contributed by atoms with Gasteiger partial charge in [0.1, 0.15) is 11.5 Å². The molecule has 8 nitrogen and oxygen atoms in total. The molecule has 0 saturated carbocycles. The fraction of sp³-hybridized carbons (Fsp3) is 0.0952. The quantitative estimate of drug-likeness (QED) is 0.407. The van der Waals surface area contributed by atoms with E-state index in [1.54, 1.807) is 48.5 Å². The summed E-state index contributed by atoms with van der Waals surface area (Å²) in [7, 11) is 1.33. The van der Waals surface area contributed by atoms with Crippen LogP contribution in [0.5, 0.6) is 11.5 Å². The molecule has 0 unspecified atom stereocenters. The minimum Gasteiger partial charge on any atom is -0.465 e. The summed E-state index contributed by atoms with van der Waals surface area (Å²) in [6, 6.07) is 15.2. The molecular weight excluding hydrogens is 376 g/mol. The van der Waals surface area contributed by atoms with Crippen LogP contribution in [0.1, 0.15) is 26.5 Å². The number of ether oxygens (including phenoxy) is 3. The monoisotopic (exact) mass is 392 g/mol. The summed E-state index contributed by atoms with van der Waals surface area (Å²) in [6.45, 7) is 0.141. The van der Waals surface area contributed by atoms with Crippen molar-refractivity contribution in [1.29, 1.82) is 0 Å². The standard InChI is InChI=1S/C21H16N2O6/c1-26-21(25)15-4-2-3-13(9-15)17-8-6-16(29-17)11-22-23-20(24)14-5-7-18-19(10-14)28-12-27-18/h2-11H,12H2,1H3,(H,23,24). The number of methoxy groups -OCH3 is 1. The average molecular weight is 392 g/mol. The Morgan fingerprint density at radius 1 is 1.03 bits per heavy atom. The number of rotatable bonds is 5. The molecule has 4 rings (SSSR count). The second-order valence-electron chi connectivity index (χ2n) is 6.04. The largest absolute Gasteiger partial charge is 0.465 e. The Balaban J connectivity index is 1.42. The van der Waals surface area contributed by atoms with Crippen LogP contribution in [0.15, 0.2) is 64.1 Å². The number of benzene rings is 2. The van der Waals surface area contributed by atoms with Crippen molar-refractivity contribution in [2.45, 2.75) is 0 Å². The number of hydrazone groups is 1. The summed E-state index contributed by atoms with van der Waals surface area (Å²) < 4.78 is 20.9. The van der Waals surface area contributed by atoms with Crippen LogP contribution in [-0.2, 0) is 4.74 Å². The van der Waals surface area contributed by atoms with Gasteiger partial charge in [-0.1, -0.05) is 12.1 Å². The lowest BCUT2D eigenvalue weighted by atomic mass is 10.1. The first-order chi connectivity index (χ1) is 14.1. The fourth-order valence-corrected chi connectivity index (χ4v) is 2.75. The van der Waals surface area contributed by atoms with Crippen molar-refractivity contribution in [3.63, 3.8) is 0 Å². The molecule has 1 aliphatic rings. The molecular formula is C21H16N2O6. The molecule has 1 aliphatic heterocycles. The second kappa shape index (κ2) is 7.89. The van der Waals surface area contributed by atoms with Gasteiger partial charge in [-0.25, -0.2) is 10.2 Å². The lowest BCUT2D eigenvalue weighted by Crippen LogP contribution is -2.17. The highest BCUT2D eigenvalue weighted by Crippen LogP contribution is 2.32. The number of nitrogens with one attached hydrogen (secondary N) is 1. The number of hydrogen-bond acceptors (Lipinski definition) is 7. The van der Waals surface area contributed by atoms with E-state index in [1.165, 1.54) is 13.3 Å². The molecule has 1 N–H and O–H groups in total. The van der Waals surface area contributed by atoms with Gasteiger partial charge in [0.2, 0.25) is 6.79 Å². The van der Waals surface area contributed by atoms with Crippen LogP contribution in [0.25, 0.3) is 11.3 Å². The molecule has 3 aromatic rings. The Bertz CT molecular complexity index is 1100. The number of nitrogens with zero attached hydrogens (tertiary/aromatic N) is 1. The molecule has 29 heavy (non-hydrogen) atoms. The van der Waals surface area contributed by atoms with Crippen LogP contribution >= 0.6 is 0 Å². The van der Waals surface area contributed by atoms with E-state index in [0.29, 0.717) is 34.1 Å². The van der Waals surface area contributed by atoms with Crippen molar-refractivity contribution < 1.29 is 28.2 Å². The summed E-state index contributed by atoms with van der Waals surface area (Å²) in [6.07, 6.45) is 1.39. The summed E-state index contributed by atoms with van der Waals surface area (Å²) in [5.74, 6) is 1.30. The third-order valence-corrected chi connectivity index (χ3v) is 4.19. The maximum Gasteiger partial charge on any atom is 0.337 e. The van der Waals surface area contributed by atoms with Crippen LogP contribution < -0.4 is 14.9 Å². The van der Waals surface area contributed by atoms with E-state index < -0.39 is 11.9 Å². The number of esters is 1. The van der Waals surface area contributed by atoms with Gasteiger partial charge in [0, 0.05) is 11.1 Å². The number of carbonyl (C=O) groups is 2. The summed E-state index contributed by atoms with van der Waals surface area (Å²) in [4.78, 5) is 23.9. The van der Waals surface area contributed by atoms with E-state index in [1.807, 2.05) is 6.07 Å². The minimum absolute atomic E-state index is 0.141. The van der Waals surface area contributed by atoms with Crippen LogP contribution in [0, 0.1) is 0 Å². The maximum atomic E-state index is 12.2. The van der Waals surface area contributed by atoms with Gasteiger partial charge in [-0.3, -0.25) is 4.79 Å². The van der Waals surface area contributed by atoms with E-state index in [4.69, 9.17) is 18.6 Å². The van der Waals surface area contributed by atoms with E-state index in [0.717, 1.165) is 5.56 Å². The normalized spacial score (nSPS) is 12.2. The van der Waals surface area contributed by atoms with Gasteiger partial charge >= 0.3 is 5.97 Å². The Morgan fingerprint density at radius 2 is 1.90 bits per heavy atom. The molecule has 1 aromatic heterocycles. The van der Waals surface area contributed by atoms with E-state index in [2.05, 4.69) is 10.5 Å². The molecule has 0 aliphatic carbocycles. The lowest BCUT2D eigenvalue weighted by molar-refractivity contribution is 0.0600. The zero-order valence-electron chi connectivity index (χ0n) is 15.4. The van der Waals surface area contributed by atoms with Crippen molar-refractivity contribution in [2.24, 2.45) is 5.10 Å². The molecule has 2 aromatic carbocycles. The molecule has 0 fully saturated rings. The van der Waals surface area contributed by atoms with Crippen molar-refractivity contribution in [1.82, 2.24) is 5.43 Å². The van der Waals surface area contributed by atoms with Gasteiger partial charge in [-0.15, -0.1) is 0 Å². The van der Waals surface area contributed by atoms with E-state index in [9.17, 15) is 9.59 Å². The molecule has 0 bridgehead atoms. The number of carbonyl (C=O) groups excluding carboxylic acids is 2. The summed E-state index contributed by atoms with van der Waals surface area (Å²) in [5, 5.41) is 3.91. The van der Waals surface area contributed by atoms with Crippen LogP contribution in [0.3, 0.4) is 0 Å². The molecule has 0 radical (unpaired) electrons. The minimum atomic E-state index is -0.425. The first kappa shape index (κ1) is 18.3. The highest BCUT2D eigenvalue weighted by molar-refractivity contribution is 5.95. The maximum absolute atomic E-state index is 12.2. The predicted octanol–water partition coefficient (Wildman–Crippen LogP) is 3.23. The van der Waals surface area contributed by atoms with Gasteiger partial charge in [0.15, 0.2) is 11.5 Å².